The van der Waals surface area contributed by atoms with Crippen molar-refractivity contribution in [2.45, 2.75) is 32.2 Å². The maximum absolute atomic E-state index is 12.7. The van der Waals surface area contributed by atoms with E-state index in [0.717, 1.165) is 46.2 Å². The molecule has 1 amide bonds. The molecule has 0 unspecified atom stereocenters. The number of carbonyl (C=O) groups excluding carboxylic acids is 1. The van der Waals surface area contributed by atoms with E-state index in [-0.39, 0.29) is 5.56 Å². The predicted octanol–water partition coefficient (Wildman–Crippen LogP) is 3.10. The number of aromatic carboxylic acids is 1. The van der Waals surface area contributed by atoms with Crippen LogP contribution in [0.15, 0.2) is 47.4 Å². The predicted molar refractivity (Wildman–Crippen MR) is 106 cm³/mol. The molecule has 1 aliphatic carbocycles. The molecule has 1 saturated carbocycles. The molecule has 0 radical (unpaired) electrons. The van der Waals surface area contributed by atoms with E-state index in [9.17, 15) is 19.5 Å². The summed E-state index contributed by atoms with van der Waals surface area (Å²) in [7, 11) is 0. The van der Waals surface area contributed by atoms with E-state index >= 15 is 0 Å². The molecule has 1 aliphatic rings. The zero-order valence-electron chi connectivity index (χ0n) is 15.4. The number of carboxylic acids is 1. The molecule has 142 valence electrons. The smallest absolute Gasteiger partial charge is 0.341 e. The van der Waals surface area contributed by atoms with Gasteiger partial charge in [-0.25, -0.2) is 4.79 Å². The van der Waals surface area contributed by atoms with Crippen LogP contribution in [-0.4, -0.2) is 21.9 Å². The molecule has 2 heterocycles. The Morgan fingerprint density at radius 2 is 1.96 bits per heavy atom. The molecule has 6 heteroatoms. The number of hydrogen-bond donors (Lipinski definition) is 2. The van der Waals surface area contributed by atoms with Gasteiger partial charge in [-0.05, 0) is 65.6 Å². The van der Waals surface area contributed by atoms with Crippen LogP contribution in [0.3, 0.4) is 0 Å². The molecule has 2 N–H and O–H groups in total. The Labute approximate surface area is 161 Å². The molecule has 0 atom stereocenters. The Hall–Kier alpha value is -3.41. The van der Waals surface area contributed by atoms with Crippen LogP contribution in [0.2, 0.25) is 0 Å². The van der Waals surface area contributed by atoms with Gasteiger partial charge in [-0.2, -0.15) is 0 Å². The molecule has 1 fully saturated rings. The van der Waals surface area contributed by atoms with E-state index in [1.807, 2.05) is 37.3 Å². The number of carbonyl (C=O) groups is 2. The first kappa shape index (κ1) is 18.0. The van der Waals surface area contributed by atoms with Gasteiger partial charge in [0.15, 0.2) is 0 Å². The number of benzene rings is 1. The third kappa shape index (κ3) is 3.07. The number of nitrogens with zero attached hydrogens (tertiary/aromatic N) is 1. The molecule has 4 rings (SSSR count). The van der Waals surface area contributed by atoms with Crippen LogP contribution in [0, 0.1) is 6.92 Å². The first-order valence-corrected chi connectivity index (χ1v) is 9.19. The van der Waals surface area contributed by atoms with Crippen molar-refractivity contribution in [3.8, 4) is 11.1 Å². The van der Waals surface area contributed by atoms with Gasteiger partial charge in [0.05, 0.1) is 5.52 Å². The summed E-state index contributed by atoms with van der Waals surface area (Å²) in [6.45, 7) is 2.44. The fraction of sp³-hybridized carbons (Fsp3) is 0.227. The lowest BCUT2D eigenvalue weighted by molar-refractivity contribution is -0.109. The monoisotopic (exact) mass is 376 g/mol. The molecule has 0 saturated heterocycles. The van der Waals surface area contributed by atoms with Crippen molar-refractivity contribution in [3.05, 3.63) is 75.2 Å². The van der Waals surface area contributed by atoms with E-state index in [1.165, 1.54) is 4.40 Å². The lowest BCUT2D eigenvalue weighted by Gasteiger charge is -2.15. The summed E-state index contributed by atoms with van der Waals surface area (Å²) in [5.41, 5.74) is 5.01. The lowest BCUT2D eigenvalue weighted by Crippen LogP contribution is -2.23. The number of nitrogens with one attached hydrogen (secondary N) is 1. The average molecular weight is 376 g/mol. The lowest BCUT2D eigenvalue weighted by atomic mass is 9.96. The topological polar surface area (TPSA) is 87.9 Å². The number of carboxylic acid groups (broad SMARTS) is 1. The molecule has 1 aromatic carbocycles. The third-order valence-corrected chi connectivity index (χ3v) is 5.31. The minimum absolute atomic E-state index is 0.182. The van der Waals surface area contributed by atoms with Gasteiger partial charge in [-0.15, -0.1) is 0 Å². The standard InChI is InChI=1S/C22H20N2O4/c1-13-17(15-4-2-14(3-5-15)11-23-12-25)8-9-24-20(13)18(16-6-7-16)10-19(21(24)26)22(27)28/h2-5,8-10,12,16H,6-7,11H2,1H3,(H,23,25)(H,27,28). The number of aryl methyl sites for hydroxylation is 1. The van der Waals surface area contributed by atoms with Gasteiger partial charge in [-0.3, -0.25) is 14.0 Å². The number of fused-ring (bicyclic) bond motifs is 1. The van der Waals surface area contributed by atoms with Crippen LogP contribution in [-0.2, 0) is 11.3 Å². The Bertz CT molecular complexity index is 1140. The summed E-state index contributed by atoms with van der Waals surface area (Å²) >= 11 is 0. The largest absolute Gasteiger partial charge is 0.477 e. The zero-order valence-corrected chi connectivity index (χ0v) is 15.4. The Kier molecular flexibility index (Phi) is 4.47. The minimum Gasteiger partial charge on any atom is -0.477 e. The molecule has 0 aliphatic heterocycles. The fourth-order valence-electron chi connectivity index (χ4n) is 3.73. The van der Waals surface area contributed by atoms with E-state index < -0.39 is 11.5 Å². The normalized spacial score (nSPS) is 13.5. The first-order valence-electron chi connectivity index (χ1n) is 9.19. The Morgan fingerprint density at radius 1 is 1.25 bits per heavy atom. The second-order valence-corrected chi connectivity index (χ2v) is 7.17. The van der Waals surface area contributed by atoms with E-state index in [4.69, 9.17) is 0 Å². The number of rotatable bonds is 6. The molecule has 3 aromatic rings. The number of hydrogen-bond acceptors (Lipinski definition) is 3. The van der Waals surface area contributed by atoms with E-state index in [2.05, 4.69) is 5.32 Å². The molecule has 0 bridgehead atoms. The summed E-state index contributed by atoms with van der Waals surface area (Å²) in [5.74, 6) is -0.887. The van der Waals surface area contributed by atoms with Crippen LogP contribution in [0.5, 0.6) is 0 Å². The van der Waals surface area contributed by atoms with Gasteiger partial charge in [0.25, 0.3) is 5.56 Å². The fourth-order valence-corrected chi connectivity index (χ4v) is 3.73. The highest BCUT2D eigenvalue weighted by atomic mass is 16.4. The molecule has 2 aromatic heterocycles. The van der Waals surface area contributed by atoms with Gasteiger partial charge < -0.3 is 10.4 Å². The van der Waals surface area contributed by atoms with Crippen molar-refractivity contribution >= 4 is 17.9 Å². The van der Waals surface area contributed by atoms with Crippen LogP contribution in [0.1, 0.15) is 45.8 Å². The Balaban J connectivity index is 1.88. The summed E-state index contributed by atoms with van der Waals surface area (Å²) in [5, 5.41) is 12.0. The van der Waals surface area contributed by atoms with E-state index in [1.54, 1.807) is 12.3 Å². The molecule has 0 spiro atoms. The van der Waals surface area contributed by atoms with Crippen molar-refractivity contribution in [3.63, 3.8) is 0 Å². The quantitative estimate of drug-likeness (QED) is 0.647. The summed E-state index contributed by atoms with van der Waals surface area (Å²) in [4.78, 5) is 34.6. The minimum atomic E-state index is -1.19. The molecule has 6 nitrogen and oxygen atoms in total. The van der Waals surface area contributed by atoms with Crippen LogP contribution in [0.25, 0.3) is 16.6 Å². The van der Waals surface area contributed by atoms with Gasteiger partial charge in [0.2, 0.25) is 6.41 Å². The highest BCUT2D eigenvalue weighted by molar-refractivity contribution is 5.89. The highest BCUT2D eigenvalue weighted by Crippen LogP contribution is 2.43. The van der Waals surface area contributed by atoms with Crippen LogP contribution < -0.4 is 10.9 Å². The van der Waals surface area contributed by atoms with E-state index in [0.29, 0.717) is 18.9 Å². The van der Waals surface area contributed by atoms with Crippen LogP contribution in [0.4, 0.5) is 0 Å². The van der Waals surface area contributed by atoms with Crippen molar-refractivity contribution in [1.29, 1.82) is 0 Å². The van der Waals surface area contributed by atoms with Crippen LogP contribution >= 0.6 is 0 Å². The van der Waals surface area contributed by atoms with Gasteiger partial charge >= 0.3 is 5.97 Å². The average Bonchev–Trinajstić information content (AvgIpc) is 3.52. The highest BCUT2D eigenvalue weighted by Gasteiger charge is 2.29. The zero-order chi connectivity index (χ0) is 19.8. The summed E-state index contributed by atoms with van der Waals surface area (Å²) in [6.07, 6.45) is 4.36. The number of amides is 1. The van der Waals surface area contributed by atoms with Crippen molar-refractivity contribution in [2.75, 3.05) is 0 Å². The number of pyridine rings is 2. The van der Waals surface area contributed by atoms with Gasteiger partial charge in [0, 0.05) is 12.7 Å². The second-order valence-electron chi connectivity index (χ2n) is 7.17. The number of aromatic nitrogens is 1. The first-order chi connectivity index (χ1) is 13.5. The third-order valence-electron chi connectivity index (χ3n) is 5.31. The van der Waals surface area contributed by atoms with Gasteiger partial charge in [0.1, 0.15) is 5.56 Å². The molecule has 28 heavy (non-hydrogen) atoms. The maximum atomic E-state index is 12.7. The molecular weight excluding hydrogens is 356 g/mol. The van der Waals surface area contributed by atoms with Crippen molar-refractivity contribution in [2.24, 2.45) is 0 Å². The van der Waals surface area contributed by atoms with Gasteiger partial charge in [-0.1, -0.05) is 24.3 Å². The summed E-state index contributed by atoms with van der Waals surface area (Å²) in [6, 6.07) is 11.3. The van der Waals surface area contributed by atoms with Crippen molar-refractivity contribution < 1.29 is 14.7 Å². The second kappa shape index (κ2) is 6.96. The molecular formula is C22H20N2O4. The summed E-state index contributed by atoms with van der Waals surface area (Å²) < 4.78 is 1.47. The maximum Gasteiger partial charge on any atom is 0.341 e. The SMILES string of the molecule is Cc1c(-c2ccc(CNC=O)cc2)ccn2c(=O)c(C(=O)O)cc(C3CC3)c12. The Morgan fingerprint density at radius 3 is 2.57 bits per heavy atom. The van der Waals surface area contributed by atoms with Crippen molar-refractivity contribution in [1.82, 2.24) is 9.72 Å².